The standard InChI is InChI=1S/C11H21N5/c1-3-16-6-4-5-9(16)7-13-11-10(12)14-8(2)15-11/h9,13H,3-7,12H2,1-2H3,(H,14,15). The van der Waals surface area contributed by atoms with Gasteiger partial charge in [-0.25, -0.2) is 4.98 Å². The fourth-order valence-corrected chi connectivity index (χ4v) is 2.40. The van der Waals surface area contributed by atoms with Crippen LogP contribution in [-0.2, 0) is 0 Å². The zero-order valence-corrected chi connectivity index (χ0v) is 10.1. The number of H-pyrrole nitrogens is 1. The van der Waals surface area contributed by atoms with E-state index in [0.29, 0.717) is 11.9 Å². The maximum Gasteiger partial charge on any atom is 0.168 e. The van der Waals surface area contributed by atoms with Gasteiger partial charge in [-0.2, -0.15) is 0 Å². The average molecular weight is 223 g/mol. The molecule has 0 aliphatic carbocycles. The van der Waals surface area contributed by atoms with E-state index in [2.05, 4.69) is 27.1 Å². The van der Waals surface area contributed by atoms with Crippen LogP contribution in [0.1, 0.15) is 25.6 Å². The molecule has 1 aromatic heterocycles. The second-order valence-corrected chi connectivity index (χ2v) is 4.39. The fraction of sp³-hybridized carbons (Fsp3) is 0.727. The smallest absolute Gasteiger partial charge is 0.168 e. The Hall–Kier alpha value is -1.23. The van der Waals surface area contributed by atoms with Gasteiger partial charge in [0.15, 0.2) is 5.82 Å². The van der Waals surface area contributed by atoms with Gasteiger partial charge in [0.25, 0.3) is 0 Å². The number of aryl methyl sites for hydroxylation is 1. The largest absolute Gasteiger partial charge is 0.382 e. The molecular weight excluding hydrogens is 202 g/mol. The van der Waals surface area contributed by atoms with Crippen molar-refractivity contribution in [2.24, 2.45) is 0 Å². The van der Waals surface area contributed by atoms with Crippen LogP contribution in [0.2, 0.25) is 0 Å². The Balaban J connectivity index is 1.89. The van der Waals surface area contributed by atoms with Gasteiger partial charge in [-0.3, -0.25) is 4.90 Å². The summed E-state index contributed by atoms with van der Waals surface area (Å²) in [5, 5.41) is 3.33. The second kappa shape index (κ2) is 4.74. The molecule has 5 nitrogen and oxygen atoms in total. The van der Waals surface area contributed by atoms with Crippen LogP contribution in [0.3, 0.4) is 0 Å². The summed E-state index contributed by atoms with van der Waals surface area (Å²) in [6.45, 7) is 7.41. The van der Waals surface area contributed by atoms with E-state index in [4.69, 9.17) is 5.73 Å². The topological polar surface area (TPSA) is 70.0 Å². The van der Waals surface area contributed by atoms with E-state index in [1.54, 1.807) is 0 Å². The minimum Gasteiger partial charge on any atom is -0.382 e. The summed E-state index contributed by atoms with van der Waals surface area (Å²) in [6.07, 6.45) is 2.57. The second-order valence-electron chi connectivity index (χ2n) is 4.39. The van der Waals surface area contributed by atoms with Crippen molar-refractivity contribution in [2.75, 3.05) is 30.7 Å². The van der Waals surface area contributed by atoms with Crippen molar-refractivity contribution in [1.29, 1.82) is 0 Å². The molecule has 0 amide bonds. The number of anilines is 2. The lowest BCUT2D eigenvalue weighted by Crippen LogP contribution is -2.34. The van der Waals surface area contributed by atoms with Crippen LogP contribution in [0.5, 0.6) is 0 Å². The van der Waals surface area contributed by atoms with Crippen LogP contribution < -0.4 is 11.1 Å². The van der Waals surface area contributed by atoms with Crippen molar-refractivity contribution in [1.82, 2.24) is 14.9 Å². The van der Waals surface area contributed by atoms with Gasteiger partial charge in [-0.1, -0.05) is 6.92 Å². The first-order valence-electron chi connectivity index (χ1n) is 6.00. The molecule has 1 aromatic rings. The Kier molecular flexibility index (Phi) is 3.33. The van der Waals surface area contributed by atoms with Gasteiger partial charge in [-0.05, 0) is 32.9 Å². The molecule has 2 rings (SSSR count). The van der Waals surface area contributed by atoms with E-state index >= 15 is 0 Å². The number of nitrogens with one attached hydrogen (secondary N) is 2. The lowest BCUT2D eigenvalue weighted by atomic mass is 10.2. The Bertz CT molecular complexity index is 346. The maximum absolute atomic E-state index is 5.80. The number of likely N-dealkylation sites (N-methyl/N-ethyl adjacent to an activating group) is 1. The number of aromatic amines is 1. The minimum atomic E-state index is 0.626. The average Bonchev–Trinajstić information content (AvgIpc) is 2.81. The van der Waals surface area contributed by atoms with Crippen LogP contribution in [0, 0.1) is 6.92 Å². The van der Waals surface area contributed by atoms with Crippen molar-refractivity contribution in [2.45, 2.75) is 32.7 Å². The number of nitrogen functional groups attached to an aromatic ring is 1. The summed E-state index contributed by atoms with van der Waals surface area (Å²) >= 11 is 0. The molecule has 0 bridgehead atoms. The third-order valence-electron chi connectivity index (χ3n) is 3.26. The first-order chi connectivity index (χ1) is 7.70. The molecule has 1 fully saturated rings. The monoisotopic (exact) mass is 223 g/mol. The third-order valence-corrected chi connectivity index (χ3v) is 3.26. The van der Waals surface area contributed by atoms with E-state index in [1.807, 2.05) is 6.92 Å². The number of nitrogens with two attached hydrogens (primary N) is 1. The summed E-state index contributed by atoms with van der Waals surface area (Å²) < 4.78 is 0. The predicted octanol–water partition coefficient (Wildman–Crippen LogP) is 1.20. The normalized spacial score (nSPS) is 21.5. The SMILES string of the molecule is CCN1CCCC1CNc1nc(C)[nH]c1N. The van der Waals surface area contributed by atoms with Crippen molar-refractivity contribution >= 4 is 11.6 Å². The molecule has 2 heterocycles. The van der Waals surface area contributed by atoms with Crippen molar-refractivity contribution in [3.8, 4) is 0 Å². The summed E-state index contributed by atoms with van der Waals surface area (Å²) in [5.74, 6) is 2.29. The fourth-order valence-electron chi connectivity index (χ4n) is 2.40. The van der Waals surface area contributed by atoms with E-state index in [-0.39, 0.29) is 0 Å². The predicted molar refractivity (Wildman–Crippen MR) is 66.5 cm³/mol. The Morgan fingerprint density at radius 3 is 3.06 bits per heavy atom. The molecule has 1 aliphatic heterocycles. The van der Waals surface area contributed by atoms with Crippen LogP contribution >= 0.6 is 0 Å². The van der Waals surface area contributed by atoms with Crippen LogP contribution in [0.25, 0.3) is 0 Å². The molecular formula is C11H21N5. The molecule has 1 atom stereocenters. The number of imidazole rings is 1. The minimum absolute atomic E-state index is 0.626. The summed E-state index contributed by atoms with van der Waals surface area (Å²) in [7, 11) is 0. The molecule has 0 aromatic carbocycles. The highest BCUT2D eigenvalue weighted by atomic mass is 15.2. The number of rotatable bonds is 4. The maximum atomic E-state index is 5.80. The lowest BCUT2D eigenvalue weighted by molar-refractivity contribution is 0.277. The number of aromatic nitrogens is 2. The highest BCUT2D eigenvalue weighted by Gasteiger charge is 2.22. The summed E-state index contributed by atoms with van der Waals surface area (Å²) in [4.78, 5) is 9.81. The van der Waals surface area contributed by atoms with Crippen LogP contribution in [0.15, 0.2) is 0 Å². The van der Waals surface area contributed by atoms with Gasteiger partial charge in [0.2, 0.25) is 0 Å². The summed E-state index contributed by atoms with van der Waals surface area (Å²) in [5.41, 5.74) is 5.80. The van der Waals surface area contributed by atoms with Crippen molar-refractivity contribution in [3.63, 3.8) is 0 Å². The Morgan fingerprint density at radius 1 is 1.62 bits per heavy atom. The molecule has 1 saturated heterocycles. The first kappa shape index (κ1) is 11.3. The third kappa shape index (κ3) is 2.29. The molecule has 4 N–H and O–H groups in total. The van der Waals surface area contributed by atoms with E-state index in [1.165, 1.54) is 19.4 Å². The molecule has 5 heteroatoms. The van der Waals surface area contributed by atoms with Gasteiger partial charge >= 0.3 is 0 Å². The molecule has 1 unspecified atom stereocenters. The summed E-state index contributed by atoms with van der Waals surface area (Å²) in [6, 6.07) is 0.626. The first-order valence-corrected chi connectivity index (χ1v) is 6.00. The molecule has 1 aliphatic rings. The van der Waals surface area contributed by atoms with Crippen LogP contribution in [0.4, 0.5) is 11.6 Å². The van der Waals surface area contributed by atoms with Gasteiger partial charge < -0.3 is 16.0 Å². The molecule has 90 valence electrons. The quantitative estimate of drug-likeness (QED) is 0.717. The lowest BCUT2D eigenvalue weighted by Gasteiger charge is -2.22. The van der Waals surface area contributed by atoms with E-state index < -0.39 is 0 Å². The van der Waals surface area contributed by atoms with Crippen molar-refractivity contribution < 1.29 is 0 Å². The van der Waals surface area contributed by atoms with Crippen molar-refractivity contribution in [3.05, 3.63) is 5.82 Å². The number of hydrogen-bond donors (Lipinski definition) is 3. The van der Waals surface area contributed by atoms with Gasteiger partial charge in [0.05, 0.1) is 0 Å². The molecule has 0 radical (unpaired) electrons. The molecule has 0 spiro atoms. The van der Waals surface area contributed by atoms with Crippen LogP contribution in [-0.4, -0.2) is 40.5 Å². The zero-order chi connectivity index (χ0) is 11.5. The zero-order valence-electron chi connectivity index (χ0n) is 10.1. The number of nitrogens with zero attached hydrogens (tertiary/aromatic N) is 2. The Morgan fingerprint density at radius 2 is 2.44 bits per heavy atom. The van der Waals surface area contributed by atoms with E-state index in [9.17, 15) is 0 Å². The highest BCUT2D eigenvalue weighted by molar-refractivity contribution is 5.56. The number of likely N-dealkylation sites (tertiary alicyclic amines) is 1. The number of hydrogen-bond acceptors (Lipinski definition) is 4. The van der Waals surface area contributed by atoms with Gasteiger partial charge in [-0.15, -0.1) is 0 Å². The highest BCUT2D eigenvalue weighted by Crippen LogP contribution is 2.19. The Labute approximate surface area is 96.4 Å². The van der Waals surface area contributed by atoms with Gasteiger partial charge in [0, 0.05) is 12.6 Å². The molecule has 16 heavy (non-hydrogen) atoms. The van der Waals surface area contributed by atoms with Gasteiger partial charge in [0.1, 0.15) is 11.6 Å². The van der Waals surface area contributed by atoms with E-state index in [0.717, 1.165) is 24.7 Å². The molecule has 0 saturated carbocycles.